The van der Waals surface area contributed by atoms with Gasteiger partial charge in [-0.05, 0) is 24.3 Å². The first-order valence-electron chi connectivity index (χ1n) is 8.37. The van der Waals surface area contributed by atoms with Crippen LogP contribution in [0.2, 0.25) is 0 Å². The van der Waals surface area contributed by atoms with Crippen LogP contribution in [-0.4, -0.2) is 29.9 Å². The van der Waals surface area contributed by atoms with E-state index in [4.69, 9.17) is 0 Å². The molecule has 0 spiro atoms. The molecule has 140 valence electrons. The molecule has 27 heavy (non-hydrogen) atoms. The third-order valence-corrected chi connectivity index (χ3v) is 4.91. The predicted molar refractivity (Wildman–Crippen MR) is 99.6 cm³/mol. The van der Waals surface area contributed by atoms with Crippen LogP contribution in [0.15, 0.2) is 42.5 Å². The van der Waals surface area contributed by atoms with Crippen LogP contribution in [0, 0.1) is 11.6 Å². The van der Waals surface area contributed by atoms with Crippen molar-refractivity contribution >= 4 is 33.4 Å². The monoisotopic (exact) mass is 389 g/mol. The Morgan fingerprint density at radius 1 is 1.04 bits per heavy atom. The minimum absolute atomic E-state index is 0.0582. The zero-order valence-corrected chi connectivity index (χ0v) is 15.1. The van der Waals surface area contributed by atoms with Gasteiger partial charge in [0.1, 0.15) is 11.6 Å². The largest absolute Gasteiger partial charge is 0.356 e. The van der Waals surface area contributed by atoms with Crippen LogP contribution in [0.1, 0.15) is 21.8 Å². The van der Waals surface area contributed by atoms with Crippen LogP contribution >= 0.6 is 11.3 Å². The second kappa shape index (κ2) is 8.68. The molecule has 0 saturated carbocycles. The van der Waals surface area contributed by atoms with Crippen molar-refractivity contribution in [3.63, 3.8) is 0 Å². The smallest absolute Gasteiger partial charge is 0.254 e. The highest BCUT2D eigenvalue weighted by molar-refractivity contribution is 7.18. The maximum absolute atomic E-state index is 13.5. The van der Waals surface area contributed by atoms with Crippen molar-refractivity contribution in [1.29, 1.82) is 0 Å². The third kappa shape index (κ3) is 5.07. The number of nitrogens with one attached hydrogen (secondary N) is 2. The van der Waals surface area contributed by atoms with Gasteiger partial charge in [0.2, 0.25) is 5.91 Å². The minimum Gasteiger partial charge on any atom is -0.356 e. The highest BCUT2D eigenvalue weighted by atomic mass is 32.1. The fourth-order valence-electron chi connectivity index (χ4n) is 2.48. The molecule has 2 amide bonds. The van der Waals surface area contributed by atoms with Crippen LogP contribution in [0.5, 0.6) is 0 Å². The first-order chi connectivity index (χ1) is 13.0. The molecule has 0 unspecified atom stereocenters. The number of nitrogens with zero attached hydrogens (tertiary/aromatic N) is 1. The van der Waals surface area contributed by atoms with E-state index in [1.54, 1.807) is 11.3 Å². The average Bonchev–Trinajstić information content (AvgIpc) is 3.04. The molecule has 2 N–H and O–H groups in total. The van der Waals surface area contributed by atoms with Gasteiger partial charge >= 0.3 is 0 Å². The van der Waals surface area contributed by atoms with Gasteiger partial charge in [0.05, 0.1) is 20.8 Å². The van der Waals surface area contributed by atoms with Crippen LogP contribution in [-0.2, 0) is 11.2 Å². The van der Waals surface area contributed by atoms with E-state index in [0.29, 0.717) is 19.0 Å². The molecule has 0 bridgehead atoms. The highest BCUT2D eigenvalue weighted by Crippen LogP contribution is 2.21. The summed E-state index contributed by atoms with van der Waals surface area (Å²) >= 11 is 1.59. The molecule has 5 nitrogen and oxygen atoms in total. The summed E-state index contributed by atoms with van der Waals surface area (Å²) in [5.74, 6) is -2.60. The fourth-order valence-corrected chi connectivity index (χ4v) is 3.45. The number of aromatic nitrogens is 1. The molecule has 0 aliphatic rings. The van der Waals surface area contributed by atoms with Crippen LogP contribution < -0.4 is 10.6 Å². The van der Waals surface area contributed by atoms with Crippen molar-refractivity contribution in [1.82, 2.24) is 15.6 Å². The molecule has 0 aliphatic heterocycles. The lowest BCUT2D eigenvalue weighted by molar-refractivity contribution is -0.120. The Hall–Kier alpha value is -2.87. The Labute approximate surface area is 158 Å². The molecule has 2 aromatic carbocycles. The Balaban J connectivity index is 1.38. The number of hydrogen-bond donors (Lipinski definition) is 2. The van der Waals surface area contributed by atoms with Crippen molar-refractivity contribution in [2.24, 2.45) is 0 Å². The molecule has 3 aromatic rings. The third-order valence-electron chi connectivity index (χ3n) is 3.81. The summed E-state index contributed by atoms with van der Waals surface area (Å²) in [6.07, 6.45) is 0.687. The molecular formula is C19H17F2N3O2S. The molecule has 0 atom stereocenters. The highest BCUT2D eigenvalue weighted by Gasteiger charge is 2.12. The van der Waals surface area contributed by atoms with E-state index in [0.717, 1.165) is 27.4 Å². The van der Waals surface area contributed by atoms with Crippen LogP contribution in [0.3, 0.4) is 0 Å². The summed E-state index contributed by atoms with van der Waals surface area (Å²) in [5, 5.41) is 6.15. The van der Waals surface area contributed by atoms with Gasteiger partial charge in [-0.2, -0.15) is 0 Å². The fraction of sp³-hybridized carbons (Fsp3) is 0.211. The van der Waals surface area contributed by atoms with Crippen LogP contribution in [0.4, 0.5) is 8.78 Å². The molecule has 8 heteroatoms. The van der Waals surface area contributed by atoms with Crippen molar-refractivity contribution in [2.75, 3.05) is 13.1 Å². The topological polar surface area (TPSA) is 71.1 Å². The molecule has 1 aromatic heterocycles. The Bertz CT molecular complexity index is 941. The van der Waals surface area contributed by atoms with Crippen molar-refractivity contribution in [3.8, 4) is 0 Å². The number of para-hydroxylation sites is 1. The van der Waals surface area contributed by atoms with E-state index < -0.39 is 17.5 Å². The lowest BCUT2D eigenvalue weighted by atomic mass is 10.2. The second-order valence-corrected chi connectivity index (χ2v) is 6.92. The summed E-state index contributed by atoms with van der Waals surface area (Å²) in [5.41, 5.74) is 0.687. The van der Waals surface area contributed by atoms with E-state index in [-0.39, 0.29) is 24.4 Å². The lowest BCUT2D eigenvalue weighted by Gasteiger charge is -2.07. The molecule has 0 fully saturated rings. The number of amides is 2. The average molecular weight is 389 g/mol. The molecule has 1 heterocycles. The molecule has 0 aliphatic carbocycles. The normalized spacial score (nSPS) is 10.7. The molecule has 3 rings (SSSR count). The summed E-state index contributed by atoms with van der Waals surface area (Å²) in [7, 11) is 0. The van der Waals surface area contributed by atoms with Gasteiger partial charge in [0.15, 0.2) is 0 Å². The predicted octanol–water partition coefficient (Wildman–Crippen LogP) is 3.05. The van der Waals surface area contributed by atoms with Crippen LogP contribution in [0.25, 0.3) is 10.2 Å². The number of fused-ring (bicyclic) bond motifs is 1. The Morgan fingerprint density at radius 3 is 2.63 bits per heavy atom. The van der Waals surface area contributed by atoms with Gasteiger partial charge in [-0.1, -0.05) is 12.1 Å². The summed E-state index contributed by atoms with van der Waals surface area (Å²) < 4.78 is 27.5. The Kier molecular flexibility index (Phi) is 6.08. The maximum atomic E-state index is 13.5. The maximum Gasteiger partial charge on any atom is 0.254 e. The number of benzene rings is 2. The van der Waals surface area contributed by atoms with Crippen molar-refractivity contribution < 1.29 is 18.4 Å². The van der Waals surface area contributed by atoms with Gasteiger partial charge in [-0.3, -0.25) is 9.59 Å². The standard InChI is InChI=1S/C19H17F2N3O2S/c20-12-5-6-13(14(21)11-12)19(26)23-9-7-17(25)22-10-8-18-24-15-3-1-2-4-16(15)27-18/h1-6,11H,7-10H2,(H,22,25)(H,23,26). The summed E-state index contributed by atoms with van der Waals surface area (Å²) in [6.45, 7) is 0.502. The Morgan fingerprint density at radius 2 is 1.85 bits per heavy atom. The van der Waals surface area contributed by atoms with Gasteiger partial charge < -0.3 is 10.6 Å². The summed E-state index contributed by atoms with van der Waals surface area (Å²) in [4.78, 5) is 28.2. The number of thiazole rings is 1. The SMILES string of the molecule is O=C(CCNC(=O)c1ccc(F)cc1F)NCCc1nc2ccccc2s1. The van der Waals surface area contributed by atoms with E-state index in [2.05, 4.69) is 15.6 Å². The van der Waals surface area contributed by atoms with E-state index in [1.807, 2.05) is 24.3 Å². The molecule has 0 saturated heterocycles. The van der Waals surface area contributed by atoms with E-state index >= 15 is 0 Å². The minimum atomic E-state index is -0.937. The first-order valence-corrected chi connectivity index (χ1v) is 9.19. The second-order valence-electron chi connectivity index (χ2n) is 5.81. The van der Waals surface area contributed by atoms with Crippen molar-refractivity contribution in [2.45, 2.75) is 12.8 Å². The number of hydrogen-bond acceptors (Lipinski definition) is 4. The van der Waals surface area contributed by atoms with E-state index in [1.165, 1.54) is 0 Å². The first kappa shape index (κ1) is 18.9. The van der Waals surface area contributed by atoms with Crippen molar-refractivity contribution in [3.05, 3.63) is 64.7 Å². The number of halogens is 2. The van der Waals surface area contributed by atoms with Gasteiger partial charge in [-0.25, -0.2) is 13.8 Å². The molecular weight excluding hydrogens is 372 g/mol. The zero-order valence-electron chi connectivity index (χ0n) is 14.3. The lowest BCUT2D eigenvalue weighted by Crippen LogP contribution is -2.32. The number of carbonyl (C=O) groups excluding carboxylic acids is 2. The quantitative estimate of drug-likeness (QED) is 0.653. The number of rotatable bonds is 7. The number of carbonyl (C=O) groups is 2. The van der Waals surface area contributed by atoms with Gasteiger partial charge in [0.25, 0.3) is 5.91 Å². The summed E-state index contributed by atoms with van der Waals surface area (Å²) in [6, 6.07) is 10.6. The van der Waals surface area contributed by atoms with Gasteiger partial charge in [0, 0.05) is 32.0 Å². The zero-order chi connectivity index (χ0) is 19.2. The van der Waals surface area contributed by atoms with Gasteiger partial charge in [-0.15, -0.1) is 11.3 Å². The van der Waals surface area contributed by atoms with E-state index in [9.17, 15) is 18.4 Å². The molecule has 0 radical (unpaired) electrons.